The smallest absolute Gasteiger partial charge is 0.254 e. The quantitative estimate of drug-likeness (QED) is 0.611. The molecule has 1 aromatic rings. The van der Waals surface area contributed by atoms with Gasteiger partial charge in [-0.1, -0.05) is 25.8 Å². The minimum absolute atomic E-state index is 0.0230. The van der Waals surface area contributed by atoms with E-state index in [4.69, 9.17) is 0 Å². The van der Waals surface area contributed by atoms with Crippen molar-refractivity contribution in [3.63, 3.8) is 0 Å². The van der Waals surface area contributed by atoms with Gasteiger partial charge >= 0.3 is 0 Å². The van der Waals surface area contributed by atoms with Crippen LogP contribution in [0.15, 0.2) is 23.1 Å². The van der Waals surface area contributed by atoms with Crippen LogP contribution in [0.4, 0.5) is 0 Å². The minimum Gasteiger partial charge on any atom is -0.335 e. The molecule has 2 fully saturated rings. The molecule has 2 aliphatic rings. The maximum atomic E-state index is 13.5. The van der Waals surface area contributed by atoms with Crippen LogP contribution in [0.5, 0.6) is 0 Å². The highest BCUT2D eigenvalue weighted by Crippen LogP contribution is 2.28. The maximum absolute atomic E-state index is 13.5. The second kappa shape index (κ2) is 9.58. The second-order valence-electron chi connectivity index (χ2n) is 8.85. The van der Waals surface area contributed by atoms with Gasteiger partial charge in [-0.3, -0.25) is 4.79 Å². The molecule has 1 amide bonds. The van der Waals surface area contributed by atoms with Gasteiger partial charge in [-0.25, -0.2) is 16.8 Å². The summed E-state index contributed by atoms with van der Waals surface area (Å²) in [5, 5.41) is 0. The van der Waals surface area contributed by atoms with Crippen molar-refractivity contribution < 1.29 is 21.6 Å². The first-order chi connectivity index (χ1) is 14.6. The van der Waals surface area contributed by atoms with Gasteiger partial charge in [-0.2, -0.15) is 4.31 Å². The van der Waals surface area contributed by atoms with E-state index >= 15 is 0 Å². The van der Waals surface area contributed by atoms with Crippen LogP contribution in [-0.2, 0) is 19.9 Å². The second-order valence-corrected chi connectivity index (χ2v) is 13.0. The van der Waals surface area contributed by atoms with E-state index in [1.54, 1.807) is 24.0 Å². The number of hydrogen-bond donors (Lipinski definition) is 0. The van der Waals surface area contributed by atoms with Crippen molar-refractivity contribution in [3.8, 4) is 0 Å². The van der Waals surface area contributed by atoms with Crippen molar-refractivity contribution in [1.29, 1.82) is 0 Å². The first-order valence-electron chi connectivity index (χ1n) is 11.2. The SMILES string of the molecule is CCCCN(C(=O)c1cc(S(=O)(=O)N2CCCCC2C)ccc1C)C1CCS(=O)(=O)C1. The monoisotopic (exact) mass is 470 g/mol. The number of unbranched alkanes of at least 4 members (excludes halogenated alkanes) is 1. The lowest BCUT2D eigenvalue weighted by atomic mass is 10.1. The van der Waals surface area contributed by atoms with E-state index in [1.165, 1.54) is 10.4 Å². The third-order valence-corrected chi connectivity index (χ3v) is 10.2. The zero-order chi connectivity index (χ0) is 22.8. The molecule has 2 atom stereocenters. The fourth-order valence-corrected chi connectivity index (χ4v) is 7.97. The summed E-state index contributed by atoms with van der Waals surface area (Å²) >= 11 is 0. The Bertz CT molecular complexity index is 1020. The number of piperidine rings is 1. The van der Waals surface area contributed by atoms with Crippen molar-refractivity contribution >= 4 is 25.8 Å². The summed E-state index contributed by atoms with van der Waals surface area (Å²) < 4.78 is 52.1. The number of aryl methyl sites for hydroxylation is 1. The zero-order valence-electron chi connectivity index (χ0n) is 18.7. The Labute approximate surface area is 186 Å². The molecule has 2 aliphatic heterocycles. The Morgan fingerprint density at radius 2 is 1.97 bits per heavy atom. The molecule has 0 N–H and O–H groups in total. The first kappa shape index (κ1) is 24.2. The fourth-order valence-electron chi connectivity index (χ4n) is 4.51. The minimum atomic E-state index is -3.70. The van der Waals surface area contributed by atoms with Gasteiger partial charge in [0.05, 0.1) is 16.4 Å². The Morgan fingerprint density at radius 1 is 1.23 bits per heavy atom. The lowest BCUT2D eigenvalue weighted by Crippen LogP contribution is -2.43. The van der Waals surface area contributed by atoms with Gasteiger partial charge in [0, 0.05) is 30.7 Å². The molecule has 2 unspecified atom stereocenters. The highest BCUT2D eigenvalue weighted by atomic mass is 32.2. The predicted molar refractivity (Wildman–Crippen MR) is 121 cm³/mol. The molecule has 174 valence electrons. The van der Waals surface area contributed by atoms with Gasteiger partial charge in [0.1, 0.15) is 0 Å². The summed E-state index contributed by atoms with van der Waals surface area (Å²) in [6.45, 7) is 6.69. The summed E-state index contributed by atoms with van der Waals surface area (Å²) in [7, 11) is -6.84. The molecule has 0 aromatic heterocycles. The van der Waals surface area contributed by atoms with E-state index in [-0.39, 0.29) is 34.4 Å². The lowest BCUT2D eigenvalue weighted by Gasteiger charge is -2.32. The molecule has 9 heteroatoms. The third-order valence-electron chi connectivity index (χ3n) is 6.45. The van der Waals surface area contributed by atoms with Crippen LogP contribution in [0, 0.1) is 6.92 Å². The van der Waals surface area contributed by atoms with Crippen LogP contribution < -0.4 is 0 Å². The van der Waals surface area contributed by atoms with Gasteiger partial charge in [0.2, 0.25) is 10.0 Å². The van der Waals surface area contributed by atoms with Crippen LogP contribution in [0.25, 0.3) is 0 Å². The fraction of sp³-hybridized carbons (Fsp3) is 0.682. The van der Waals surface area contributed by atoms with Gasteiger partial charge in [0.15, 0.2) is 9.84 Å². The van der Waals surface area contributed by atoms with Crippen LogP contribution >= 0.6 is 0 Å². The lowest BCUT2D eigenvalue weighted by molar-refractivity contribution is 0.0693. The van der Waals surface area contributed by atoms with Crippen LogP contribution in [-0.4, -0.2) is 68.6 Å². The molecule has 1 aromatic carbocycles. The number of benzene rings is 1. The number of nitrogens with zero attached hydrogens (tertiary/aromatic N) is 2. The van der Waals surface area contributed by atoms with Gasteiger partial charge in [0.25, 0.3) is 5.91 Å². The van der Waals surface area contributed by atoms with E-state index in [0.29, 0.717) is 30.6 Å². The largest absolute Gasteiger partial charge is 0.335 e. The highest BCUT2D eigenvalue weighted by molar-refractivity contribution is 7.91. The molecule has 31 heavy (non-hydrogen) atoms. The number of rotatable bonds is 7. The average Bonchev–Trinajstić information content (AvgIpc) is 3.08. The van der Waals surface area contributed by atoms with Gasteiger partial charge < -0.3 is 4.90 Å². The zero-order valence-corrected chi connectivity index (χ0v) is 20.3. The summed E-state index contributed by atoms with van der Waals surface area (Å²) in [5.74, 6) is -0.213. The van der Waals surface area contributed by atoms with Crippen molar-refractivity contribution in [1.82, 2.24) is 9.21 Å². The molecular formula is C22H34N2O5S2. The Kier molecular flexibility index (Phi) is 7.48. The van der Waals surface area contributed by atoms with Crippen LogP contribution in [0.3, 0.4) is 0 Å². The normalized spacial score (nSPS) is 24.2. The van der Waals surface area contributed by atoms with E-state index in [2.05, 4.69) is 0 Å². The topological polar surface area (TPSA) is 91.8 Å². The summed E-state index contributed by atoms with van der Waals surface area (Å²) in [6.07, 6.45) is 4.76. The molecule has 7 nitrogen and oxygen atoms in total. The van der Waals surface area contributed by atoms with Gasteiger partial charge in [-0.05, 0) is 57.2 Å². The molecule has 2 heterocycles. The molecule has 0 radical (unpaired) electrons. The maximum Gasteiger partial charge on any atom is 0.254 e. The molecule has 3 rings (SSSR count). The van der Waals surface area contributed by atoms with Crippen molar-refractivity contribution in [2.75, 3.05) is 24.6 Å². The summed E-state index contributed by atoms with van der Waals surface area (Å²) in [5.41, 5.74) is 1.03. The van der Waals surface area contributed by atoms with Crippen molar-refractivity contribution in [3.05, 3.63) is 29.3 Å². The Morgan fingerprint density at radius 3 is 2.58 bits per heavy atom. The summed E-state index contributed by atoms with van der Waals surface area (Å²) in [6, 6.07) is 4.31. The summed E-state index contributed by atoms with van der Waals surface area (Å²) in [4.78, 5) is 15.3. The van der Waals surface area contributed by atoms with Crippen LogP contribution in [0.2, 0.25) is 0 Å². The van der Waals surface area contributed by atoms with Crippen LogP contribution in [0.1, 0.15) is 68.3 Å². The number of carbonyl (C=O) groups excluding carboxylic acids is 1. The van der Waals surface area contributed by atoms with Crippen molar-refractivity contribution in [2.24, 2.45) is 0 Å². The number of amides is 1. The van der Waals surface area contributed by atoms with E-state index < -0.39 is 19.9 Å². The Hall–Kier alpha value is -1.45. The standard InChI is InChI=1S/C22H34N2O5S2/c1-4-5-12-23(19-11-14-30(26,27)16-19)22(25)21-15-20(10-9-17(21)2)31(28,29)24-13-7-6-8-18(24)3/h9-10,15,18-19H,4-8,11-14,16H2,1-3H3. The first-order valence-corrected chi connectivity index (χ1v) is 14.5. The van der Waals surface area contributed by atoms with Crippen molar-refractivity contribution in [2.45, 2.75) is 76.3 Å². The molecule has 0 spiro atoms. The molecule has 0 saturated carbocycles. The molecule has 2 saturated heterocycles. The molecule has 0 bridgehead atoms. The number of hydrogen-bond acceptors (Lipinski definition) is 5. The molecule has 0 aliphatic carbocycles. The van der Waals surface area contributed by atoms with E-state index in [9.17, 15) is 21.6 Å². The Balaban J connectivity index is 1.94. The van der Waals surface area contributed by atoms with Gasteiger partial charge in [-0.15, -0.1) is 0 Å². The number of sulfone groups is 1. The average molecular weight is 471 g/mol. The number of carbonyl (C=O) groups is 1. The highest BCUT2D eigenvalue weighted by Gasteiger charge is 2.36. The predicted octanol–water partition coefficient (Wildman–Crippen LogP) is 2.99. The third kappa shape index (κ3) is 5.31. The molecular weight excluding hydrogens is 436 g/mol. The van der Waals surface area contributed by atoms with E-state index in [0.717, 1.165) is 32.1 Å². The van der Waals surface area contributed by atoms with E-state index in [1.807, 2.05) is 13.8 Å². The number of sulfonamides is 1.